The zero-order chi connectivity index (χ0) is 43.3. The number of carbonyl (C=O) groups is 2. The highest BCUT2D eigenvalue weighted by atomic mass is 16.5. The van der Waals surface area contributed by atoms with E-state index in [9.17, 15) is 4.79 Å². The van der Waals surface area contributed by atoms with Crippen molar-refractivity contribution >= 4 is 12.4 Å². The number of rotatable bonds is 43. The van der Waals surface area contributed by atoms with Crippen LogP contribution >= 0.6 is 0 Å². The molecule has 1 rings (SSSR count). The Balaban J connectivity index is 0.0000108. The summed E-state index contributed by atoms with van der Waals surface area (Å²) in [5.74, 6) is 2.49. The Bertz CT molecular complexity index is 835. The van der Waals surface area contributed by atoms with E-state index in [-0.39, 0.29) is 12.4 Å². The summed E-state index contributed by atoms with van der Waals surface area (Å²) in [7, 11) is 2.24. The van der Waals surface area contributed by atoms with E-state index in [4.69, 9.17) is 19.4 Å². The Labute approximate surface area is 368 Å². The summed E-state index contributed by atoms with van der Waals surface area (Å²) in [5, 5.41) is 6.89. The van der Waals surface area contributed by atoms with Gasteiger partial charge < -0.3 is 24.4 Å². The second-order valence-corrected chi connectivity index (χ2v) is 18.6. The van der Waals surface area contributed by atoms with Gasteiger partial charge in [0.15, 0.2) is 0 Å². The molecule has 1 aliphatic rings. The van der Waals surface area contributed by atoms with Gasteiger partial charge in [0.1, 0.15) is 0 Å². The van der Waals surface area contributed by atoms with Crippen LogP contribution in [0.1, 0.15) is 246 Å². The third-order valence-electron chi connectivity index (χ3n) is 13.1. The Morgan fingerprint density at radius 1 is 0.508 bits per heavy atom. The molecule has 0 aromatic heterocycles. The number of piperazine rings is 1. The molecule has 1 heterocycles. The van der Waals surface area contributed by atoms with Gasteiger partial charge in [-0.2, -0.15) is 0 Å². The van der Waals surface area contributed by atoms with Crippen molar-refractivity contribution in [1.29, 1.82) is 0 Å². The van der Waals surface area contributed by atoms with Crippen molar-refractivity contribution in [1.82, 2.24) is 9.80 Å². The van der Waals surface area contributed by atoms with Gasteiger partial charge in [-0.3, -0.25) is 9.59 Å². The molecule has 0 bridgehead atoms. The number of unbranched alkanes of at least 4 members (excludes halogenated alkanes) is 18. The highest BCUT2D eigenvalue weighted by molar-refractivity contribution is 5.69. The lowest BCUT2D eigenvalue weighted by Gasteiger charge is -2.32. The Hall–Kier alpha value is -1.18. The van der Waals surface area contributed by atoms with Crippen LogP contribution in [0.2, 0.25) is 0 Å². The first kappa shape index (κ1) is 57.8. The van der Waals surface area contributed by atoms with Crippen molar-refractivity contribution in [2.45, 2.75) is 246 Å². The molecule has 0 aliphatic carbocycles. The van der Waals surface area contributed by atoms with E-state index in [1.165, 1.54) is 225 Å². The maximum Gasteiger partial charge on any atom is 0.305 e. The number of carbonyl (C=O) groups excluding carboxylic acids is 1. The van der Waals surface area contributed by atoms with E-state index in [2.05, 4.69) is 44.5 Å². The van der Waals surface area contributed by atoms with E-state index in [1.807, 2.05) is 0 Å². The van der Waals surface area contributed by atoms with Gasteiger partial charge in [0.05, 0.1) is 6.61 Å². The normalized spacial score (nSPS) is 14.2. The van der Waals surface area contributed by atoms with E-state index in [1.54, 1.807) is 0 Å². The monoisotopic (exact) mass is 837 g/mol. The molecule has 1 fully saturated rings. The molecule has 59 heavy (non-hydrogen) atoms. The van der Waals surface area contributed by atoms with Crippen molar-refractivity contribution in [2.75, 3.05) is 59.6 Å². The lowest BCUT2D eigenvalue weighted by Crippen LogP contribution is -2.44. The van der Waals surface area contributed by atoms with Crippen LogP contribution in [-0.4, -0.2) is 86.9 Å². The summed E-state index contributed by atoms with van der Waals surface area (Å²) in [6.07, 6.45) is 44.9. The van der Waals surface area contributed by atoms with Crippen LogP contribution in [0.25, 0.3) is 0 Å². The Kier molecular flexibility index (Phi) is 45.4. The predicted molar refractivity (Wildman–Crippen MR) is 255 cm³/mol. The minimum Gasteiger partial charge on any atom is -0.483 e. The molecule has 1 saturated heterocycles. The average molecular weight is 837 g/mol. The number of esters is 1. The quantitative estimate of drug-likeness (QED) is 0.0372. The molecular weight excluding hydrogens is 733 g/mol. The van der Waals surface area contributed by atoms with Crippen LogP contribution in [0.5, 0.6) is 0 Å². The third kappa shape index (κ3) is 40.6. The highest BCUT2D eigenvalue weighted by Crippen LogP contribution is 2.24. The summed E-state index contributed by atoms with van der Waals surface area (Å²) in [5.41, 5.74) is 0. The minimum absolute atomic E-state index is 0.0249. The fraction of sp³-hybridized carbons (Fsp3) is 0.962. The number of carboxylic acid groups (broad SMARTS) is 1. The molecule has 0 aromatic rings. The molecule has 352 valence electrons. The molecule has 0 amide bonds. The first-order chi connectivity index (χ1) is 28.9. The SMILES string of the molecule is CCCCC(CCCC)CCCCCCCCCCCC(CCCCCCCCCC(=O)OCCC(CCCC)CCCC)COCCCN1CCN(C)CC1.O=CO. The molecule has 1 atom stereocenters. The number of nitrogens with zero attached hydrogens (tertiary/aromatic N) is 2. The highest BCUT2D eigenvalue weighted by Gasteiger charge is 2.14. The van der Waals surface area contributed by atoms with Gasteiger partial charge in [-0.1, -0.05) is 207 Å². The van der Waals surface area contributed by atoms with E-state index < -0.39 is 0 Å². The van der Waals surface area contributed by atoms with E-state index >= 15 is 0 Å². The number of likely N-dealkylation sites (N-methyl/N-ethyl adjacent to an activating group) is 1. The molecule has 0 radical (unpaired) electrons. The van der Waals surface area contributed by atoms with Crippen LogP contribution < -0.4 is 0 Å². The van der Waals surface area contributed by atoms with E-state index in [0.29, 0.717) is 13.0 Å². The number of ether oxygens (including phenoxy) is 2. The fourth-order valence-electron chi connectivity index (χ4n) is 8.96. The van der Waals surface area contributed by atoms with Gasteiger partial charge in [-0.15, -0.1) is 0 Å². The zero-order valence-corrected chi connectivity index (χ0v) is 40.5. The molecule has 1 N–H and O–H groups in total. The van der Waals surface area contributed by atoms with Gasteiger partial charge in [-0.05, 0) is 56.9 Å². The van der Waals surface area contributed by atoms with Crippen LogP contribution in [-0.2, 0) is 19.1 Å². The Morgan fingerprint density at radius 3 is 1.32 bits per heavy atom. The van der Waals surface area contributed by atoms with Crippen LogP contribution in [0.4, 0.5) is 0 Å². The number of hydrogen-bond acceptors (Lipinski definition) is 6. The van der Waals surface area contributed by atoms with Gasteiger partial charge in [0, 0.05) is 52.4 Å². The van der Waals surface area contributed by atoms with Gasteiger partial charge in [-0.25, -0.2) is 0 Å². The molecule has 0 saturated carbocycles. The second kappa shape index (κ2) is 46.3. The average Bonchev–Trinajstić information content (AvgIpc) is 3.24. The maximum atomic E-state index is 12.3. The van der Waals surface area contributed by atoms with Crippen molar-refractivity contribution in [3.63, 3.8) is 0 Å². The lowest BCUT2D eigenvalue weighted by molar-refractivity contribution is -0.144. The third-order valence-corrected chi connectivity index (χ3v) is 13.1. The molecule has 7 nitrogen and oxygen atoms in total. The molecule has 0 aromatic carbocycles. The first-order valence-corrected chi connectivity index (χ1v) is 26.2. The molecular formula is C52H104N2O5. The van der Waals surface area contributed by atoms with Gasteiger partial charge >= 0.3 is 5.97 Å². The largest absolute Gasteiger partial charge is 0.483 e. The van der Waals surface area contributed by atoms with Crippen LogP contribution in [0.3, 0.4) is 0 Å². The van der Waals surface area contributed by atoms with Crippen molar-refractivity contribution in [2.24, 2.45) is 17.8 Å². The van der Waals surface area contributed by atoms with Crippen molar-refractivity contribution in [3.05, 3.63) is 0 Å². The predicted octanol–water partition coefficient (Wildman–Crippen LogP) is 14.7. The van der Waals surface area contributed by atoms with Crippen LogP contribution in [0.15, 0.2) is 0 Å². The summed E-state index contributed by atoms with van der Waals surface area (Å²) in [6.45, 7) is 17.5. The second-order valence-electron chi connectivity index (χ2n) is 18.6. The molecule has 0 spiro atoms. The first-order valence-electron chi connectivity index (χ1n) is 26.2. The minimum atomic E-state index is -0.250. The topological polar surface area (TPSA) is 79.3 Å². The van der Waals surface area contributed by atoms with E-state index in [0.717, 1.165) is 50.2 Å². The van der Waals surface area contributed by atoms with Crippen molar-refractivity contribution in [3.8, 4) is 0 Å². The standard InChI is InChI=1S/C51H102N2O3.CH2O2/c1-6-10-31-48(32-11-7-2)35-26-22-18-15-14-16-19-23-27-36-50(47-55-45-30-40-53-43-41-52(5)42-44-53)37-28-24-20-17-21-25-29-38-51(54)56-46-39-49(33-12-8-3)34-13-9-4;2-1-3/h48-50H,6-47H2,1-5H3;1H,(H,2,3). The van der Waals surface area contributed by atoms with Crippen molar-refractivity contribution < 1.29 is 24.2 Å². The molecule has 1 aliphatic heterocycles. The Morgan fingerprint density at radius 2 is 0.881 bits per heavy atom. The maximum absolute atomic E-state index is 12.3. The zero-order valence-electron chi connectivity index (χ0n) is 40.5. The fourth-order valence-corrected chi connectivity index (χ4v) is 8.96. The summed E-state index contributed by atoms with van der Waals surface area (Å²) < 4.78 is 12.0. The summed E-state index contributed by atoms with van der Waals surface area (Å²) >= 11 is 0. The molecule has 1 unspecified atom stereocenters. The molecule has 7 heteroatoms. The summed E-state index contributed by atoms with van der Waals surface area (Å²) in [6, 6.07) is 0. The summed E-state index contributed by atoms with van der Waals surface area (Å²) in [4.78, 5) is 25.7. The smallest absolute Gasteiger partial charge is 0.305 e. The van der Waals surface area contributed by atoms with Gasteiger partial charge in [0.2, 0.25) is 0 Å². The lowest BCUT2D eigenvalue weighted by atomic mass is 9.90. The number of hydrogen-bond donors (Lipinski definition) is 1. The van der Waals surface area contributed by atoms with Gasteiger partial charge in [0.25, 0.3) is 6.47 Å². The van der Waals surface area contributed by atoms with Crippen LogP contribution in [0, 0.1) is 17.8 Å².